The lowest BCUT2D eigenvalue weighted by molar-refractivity contribution is -0.143. The van der Waals surface area contributed by atoms with Crippen molar-refractivity contribution in [1.82, 2.24) is 4.90 Å². The number of ether oxygens (including phenoxy) is 2. The van der Waals surface area contributed by atoms with Crippen molar-refractivity contribution in [2.45, 2.75) is 13.1 Å². The molecule has 1 rings (SSSR count). The van der Waals surface area contributed by atoms with Crippen LogP contribution in [0.1, 0.15) is 15.9 Å². The standard InChI is InChI=1S/C14H18F3NO3/c1-10-4-5-11(8-12(10)20-3)13(19)21-7-6-18(2)9-14(15,16)17/h4-5,8H,6-7,9H2,1-3H3. The number of carbonyl (C=O) groups is 1. The van der Waals surface area contributed by atoms with Crippen molar-refractivity contribution in [3.05, 3.63) is 29.3 Å². The van der Waals surface area contributed by atoms with Crippen molar-refractivity contribution in [2.75, 3.05) is 33.9 Å². The number of likely N-dealkylation sites (N-methyl/N-ethyl adjacent to an activating group) is 1. The maximum absolute atomic E-state index is 12.1. The zero-order chi connectivity index (χ0) is 16.0. The summed E-state index contributed by atoms with van der Waals surface area (Å²) in [5, 5.41) is 0. The molecular formula is C14H18F3NO3. The van der Waals surface area contributed by atoms with E-state index in [1.165, 1.54) is 20.2 Å². The first-order valence-electron chi connectivity index (χ1n) is 6.30. The Balaban J connectivity index is 2.47. The SMILES string of the molecule is COc1cc(C(=O)OCCN(C)CC(F)(F)F)ccc1C. The summed E-state index contributed by atoms with van der Waals surface area (Å²) < 4.78 is 46.4. The first kappa shape index (κ1) is 17.3. The smallest absolute Gasteiger partial charge is 0.401 e. The van der Waals surface area contributed by atoms with Crippen LogP contribution in [0.3, 0.4) is 0 Å². The molecule has 118 valence electrons. The number of hydrogen-bond donors (Lipinski definition) is 0. The first-order chi connectivity index (χ1) is 9.73. The maximum Gasteiger partial charge on any atom is 0.401 e. The Kier molecular flexibility index (Phi) is 6.02. The van der Waals surface area contributed by atoms with E-state index in [1.807, 2.05) is 6.92 Å². The Morgan fingerprint density at radius 3 is 2.57 bits per heavy atom. The van der Waals surface area contributed by atoms with Gasteiger partial charge in [-0.2, -0.15) is 13.2 Å². The van der Waals surface area contributed by atoms with Crippen molar-refractivity contribution in [3.63, 3.8) is 0 Å². The predicted molar refractivity (Wildman–Crippen MR) is 71.6 cm³/mol. The molecule has 0 radical (unpaired) electrons. The average molecular weight is 305 g/mol. The van der Waals surface area contributed by atoms with Crippen LogP contribution in [-0.2, 0) is 4.74 Å². The molecule has 0 atom stereocenters. The Hall–Kier alpha value is -1.76. The maximum atomic E-state index is 12.1. The number of aryl methyl sites for hydroxylation is 1. The van der Waals surface area contributed by atoms with Gasteiger partial charge in [0.1, 0.15) is 12.4 Å². The van der Waals surface area contributed by atoms with Crippen molar-refractivity contribution in [3.8, 4) is 5.75 Å². The monoisotopic (exact) mass is 305 g/mol. The Bertz CT molecular complexity index is 489. The molecular weight excluding hydrogens is 287 g/mol. The lowest BCUT2D eigenvalue weighted by atomic mass is 10.1. The molecule has 0 amide bonds. The molecule has 0 aliphatic carbocycles. The highest BCUT2D eigenvalue weighted by Gasteiger charge is 2.29. The normalized spacial score (nSPS) is 11.6. The summed E-state index contributed by atoms with van der Waals surface area (Å²) in [5.74, 6) is -0.0349. The molecule has 0 N–H and O–H groups in total. The van der Waals surface area contributed by atoms with Crippen molar-refractivity contribution < 1.29 is 27.4 Å². The molecule has 0 heterocycles. The third-order valence-electron chi connectivity index (χ3n) is 2.80. The van der Waals surface area contributed by atoms with E-state index in [0.29, 0.717) is 11.3 Å². The van der Waals surface area contributed by atoms with Crippen molar-refractivity contribution in [2.24, 2.45) is 0 Å². The Morgan fingerprint density at radius 1 is 1.33 bits per heavy atom. The molecule has 4 nitrogen and oxygen atoms in total. The summed E-state index contributed by atoms with van der Waals surface area (Å²) >= 11 is 0. The van der Waals surface area contributed by atoms with E-state index in [-0.39, 0.29) is 13.2 Å². The van der Waals surface area contributed by atoms with Crippen LogP contribution in [0, 0.1) is 6.92 Å². The van der Waals surface area contributed by atoms with Gasteiger partial charge in [0.25, 0.3) is 0 Å². The van der Waals surface area contributed by atoms with Crippen LogP contribution >= 0.6 is 0 Å². The van der Waals surface area contributed by atoms with Crippen LogP contribution in [0.4, 0.5) is 13.2 Å². The highest BCUT2D eigenvalue weighted by molar-refractivity contribution is 5.90. The topological polar surface area (TPSA) is 38.8 Å². The van der Waals surface area contributed by atoms with Gasteiger partial charge >= 0.3 is 12.1 Å². The third kappa shape index (κ3) is 6.03. The molecule has 0 saturated heterocycles. The predicted octanol–water partition coefficient (Wildman–Crippen LogP) is 2.65. The molecule has 7 heteroatoms. The van der Waals surface area contributed by atoms with Gasteiger partial charge in [0, 0.05) is 6.54 Å². The number of alkyl halides is 3. The fourth-order valence-corrected chi connectivity index (χ4v) is 1.71. The van der Waals surface area contributed by atoms with Crippen LogP contribution < -0.4 is 4.74 Å². The first-order valence-corrected chi connectivity index (χ1v) is 6.30. The zero-order valence-corrected chi connectivity index (χ0v) is 12.2. The van der Waals surface area contributed by atoms with E-state index < -0.39 is 18.7 Å². The molecule has 0 aliphatic heterocycles. The highest BCUT2D eigenvalue weighted by Crippen LogP contribution is 2.19. The van der Waals surface area contributed by atoms with E-state index >= 15 is 0 Å². The van der Waals surface area contributed by atoms with Gasteiger partial charge in [0.15, 0.2) is 0 Å². The number of carbonyl (C=O) groups excluding carboxylic acids is 1. The number of benzene rings is 1. The average Bonchev–Trinajstić information content (AvgIpc) is 2.37. The van der Waals surface area contributed by atoms with Gasteiger partial charge < -0.3 is 9.47 Å². The summed E-state index contributed by atoms with van der Waals surface area (Å²) in [4.78, 5) is 12.8. The molecule has 0 fully saturated rings. The van der Waals surface area contributed by atoms with Crippen LogP contribution in [0.25, 0.3) is 0 Å². The number of hydrogen-bond acceptors (Lipinski definition) is 4. The molecule has 0 spiro atoms. The summed E-state index contributed by atoms with van der Waals surface area (Å²) in [6.45, 7) is 0.693. The third-order valence-corrected chi connectivity index (χ3v) is 2.80. The molecule has 0 unspecified atom stereocenters. The van der Waals surface area contributed by atoms with E-state index in [0.717, 1.165) is 10.5 Å². The fraction of sp³-hybridized carbons (Fsp3) is 0.500. The van der Waals surface area contributed by atoms with Gasteiger partial charge in [0.05, 0.1) is 19.2 Å². The van der Waals surface area contributed by atoms with Gasteiger partial charge in [-0.05, 0) is 31.7 Å². The van der Waals surface area contributed by atoms with E-state index in [9.17, 15) is 18.0 Å². The molecule has 0 saturated carbocycles. The minimum absolute atomic E-state index is 0.00818. The van der Waals surface area contributed by atoms with E-state index in [4.69, 9.17) is 9.47 Å². The summed E-state index contributed by atoms with van der Waals surface area (Å²) in [5.41, 5.74) is 1.18. The van der Waals surface area contributed by atoms with Crippen molar-refractivity contribution in [1.29, 1.82) is 0 Å². The number of halogens is 3. The van der Waals surface area contributed by atoms with E-state index in [1.54, 1.807) is 12.1 Å². The minimum Gasteiger partial charge on any atom is -0.496 e. The molecule has 21 heavy (non-hydrogen) atoms. The quantitative estimate of drug-likeness (QED) is 0.757. The lowest BCUT2D eigenvalue weighted by Gasteiger charge is -2.18. The molecule has 0 aliphatic rings. The zero-order valence-electron chi connectivity index (χ0n) is 12.2. The van der Waals surface area contributed by atoms with Gasteiger partial charge in [-0.15, -0.1) is 0 Å². The Morgan fingerprint density at radius 2 is 2.00 bits per heavy atom. The minimum atomic E-state index is -4.26. The van der Waals surface area contributed by atoms with Gasteiger partial charge in [-0.1, -0.05) is 6.07 Å². The lowest BCUT2D eigenvalue weighted by Crippen LogP contribution is -2.33. The molecule has 1 aromatic carbocycles. The van der Waals surface area contributed by atoms with Gasteiger partial charge in [0.2, 0.25) is 0 Å². The van der Waals surface area contributed by atoms with Crippen LogP contribution in [-0.4, -0.2) is 50.9 Å². The molecule has 0 bridgehead atoms. The molecule has 1 aromatic rings. The van der Waals surface area contributed by atoms with Crippen LogP contribution in [0.5, 0.6) is 5.75 Å². The highest BCUT2D eigenvalue weighted by atomic mass is 19.4. The number of nitrogens with zero attached hydrogens (tertiary/aromatic N) is 1. The number of rotatable bonds is 6. The molecule has 0 aromatic heterocycles. The second-order valence-electron chi connectivity index (χ2n) is 4.67. The fourth-order valence-electron chi connectivity index (χ4n) is 1.71. The largest absolute Gasteiger partial charge is 0.496 e. The summed E-state index contributed by atoms with van der Waals surface area (Å²) in [6, 6.07) is 4.84. The second kappa shape index (κ2) is 7.31. The second-order valence-corrected chi connectivity index (χ2v) is 4.67. The summed E-state index contributed by atoms with van der Waals surface area (Å²) in [7, 11) is 2.81. The van der Waals surface area contributed by atoms with E-state index in [2.05, 4.69) is 0 Å². The van der Waals surface area contributed by atoms with Gasteiger partial charge in [-0.3, -0.25) is 4.90 Å². The number of esters is 1. The number of methoxy groups -OCH3 is 1. The summed E-state index contributed by atoms with van der Waals surface area (Å²) in [6.07, 6.45) is -4.26. The van der Waals surface area contributed by atoms with Crippen LogP contribution in [0.2, 0.25) is 0 Å². The Labute approximate surface area is 121 Å². The van der Waals surface area contributed by atoms with Gasteiger partial charge in [-0.25, -0.2) is 4.79 Å². The van der Waals surface area contributed by atoms with Crippen molar-refractivity contribution >= 4 is 5.97 Å². The van der Waals surface area contributed by atoms with Crippen LogP contribution in [0.15, 0.2) is 18.2 Å².